The minimum Gasteiger partial charge on any atom is -0.231 e. The fourth-order valence-electron chi connectivity index (χ4n) is 4.06. The molecule has 4 rings (SSSR count). The smallest absolute Gasteiger partial charge is 0.132 e. The number of aryl methyl sites for hydroxylation is 2. The molecule has 2 nitrogen and oxygen atoms in total. The second kappa shape index (κ2) is 7.93. The van der Waals surface area contributed by atoms with Gasteiger partial charge in [0, 0.05) is 16.4 Å². The largest absolute Gasteiger partial charge is 0.231 e. The zero-order valence-electron chi connectivity index (χ0n) is 16.5. The number of thiophene rings is 1. The Balaban J connectivity index is 1.85. The molecular weight excluding hydrogens is 348 g/mol. The van der Waals surface area contributed by atoms with Gasteiger partial charge in [-0.05, 0) is 38.2 Å². The Kier molecular flexibility index (Phi) is 5.40. The summed E-state index contributed by atoms with van der Waals surface area (Å²) in [5.41, 5.74) is 4.75. The van der Waals surface area contributed by atoms with E-state index < -0.39 is 0 Å². The van der Waals surface area contributed by atoms with Crippen molar-refractivity contribution in [3.63, 3.8) is 0 Å². The molecule has 2 aliphatic carbocycles. The Labute approximate surface area is 166 Å². The number of nitrogens with zero attached hydrogens (tertiary/aromatic N) is 2. The lowest BCUT2D eigenvalue weighted by Gasteiger charge is -2.15. The Morgan fingerprint density at radius 2 is 1.74 bits per heavy atom. The first-order valence-corrected chi connectivity index (χ1v) is 10.9. The summed E-state index contributed by atoms with van der Waals surface area (Å²) in [6.45, 7) is 6.78. The summed E-state index contributed by atoms with van der Waals surface area (Å²) in [4.78, 5) is 11.6. The molecule has 2 aliphatic rings. The molecule has 0 N–H and O–H groups in total. The Bertz CT molecular complexity index is 958. The summed E-state index contributed by atoms with van der Waals surface area (Å²) in [7, 11) is 0. The summed E-state index contributed by atoms with van der Waals surface area (Å²) in [6.07, 6.45) is 21.1. The molecule has 27 heavy (non-hydrogen) atoms. The second-order valence-corrected chi connectivity index (χ2v) is 9.18. The third-order valence-electron chi connectivity index (χ3n) is 5.91. The second-order valence-electron chi connectivity index (χ2n) is 7.95. The molecule has 1 fully saturated rings. The minimum absolute atomic E-state index is 0.492. The highest BCUT2D eigenvalue weighted by atomic mass is 32.1. The number of aromatic nitrogens is 2. The van der Waals surface area contributed by atoms with Gasteiger partial charge in [-0.3, -0.25) is 0 Å². The molecule has 0 radical (unpaired) electrons. The summed E-state index contributed by atoms with van der Waals surface area (Å²) >= 11 is 1.83. The van der Waals surface area contributed by atoms with Gasteiger partial charge in [-0.25, -0.2) is 9.97 Å². The fraction of sp³-hybridized carbons (Fsp3) is 0.417. The highest BCUT2D eigenvalue weighted by Gasteiger charge is 2.23. The van der Waals surface area contributed by atoms with Crippen LogP contribution < -0.4 is 0 Å². The van der Waals surface area contributed by atoms with Crippen molar-refractivity contribution in [3.8, 4) is 0 Å². The van der Waals surface area contributed by atoms with Gasteiger partial charge in [0.05, 0.1) is 15.9 Å². The van der Waals surface area contributed by atoms with E-state index in [9.17, 15) is 0 Å². The topological polar surface area (TPSA) is 25.8 Å². The van der Waals surface area contributed by atoms with Crippen molar-refractivity contribution in [2.45, 2.75) is 58.8 Å². The summed E-state index contributed by atoms with van der Waals surface area (Å²) in [6, 6.07) is 0. The van der Waals surface area contributed by atoms with Gasteiger partial charge >= 0.3 is 0 Å². The van der Waals surface area contributed by atoms with E-state index in [1.54, 1.807) is 0 Å². The van der Waals surface area contributed by atoms with E-state index in [1.807, 2.05) is 11.3 Å². The van der Waals surface area contributed by atoms with Crippen LogP contribution in [0.2, 0.25) is 0 Å². The van der Waals surface area contributed by atoms with Crippen LogP contribution in [0.25, 0.3) is 15.8 Å². The zero-order chi connectivity index (χ0) is 18.8. The van der Waals surface area contributed by atoms with Crippen LogP contribution in [0.3, 0.4) is 0 Å². The Morgan fingerprint density at radius 3 is 2.63 bits per heavy atom. The summed E-state index contributed by atoms with van der Waals surface area (Å²) in [5, 5.41) is 0. The molecule has 1 saturated carbocycles. The van der Waals surface area contributed by atoms with E-state index in [1.165, 1.54) is 52.8 Å². The maximum absolute atomic E-state index is 5.16. The SMILES string of the molecule is Cc1sc2c(C3=C/C=C\C=C/C=C\3)nc(C3CCC[C@@H](C)CC3)nc2c1C. The molecular formula is C24H28N2S. The predicted octanol–water partition coefficient (Wildman–Crippen LogP) is 7.06. The first kappa shape index (κ1) is 18.4. The van der Waals surface area contributed by atoms with Crippen LogP contribution in [0, 0.1) is 19.8 Å². The lowest BCUT2D eigenvalue weighted by molar-refractivity contribution is 0.496. The fourth-order valence-corrected chi connectivity index (χ4v) is 5.17. The van der Waals surface area contributed by atoms with Crippen LogP contribution in [0.5, 0.6) is 0 Å². The van der Waals surface area contributed by atoms with Crippen molar-refractivity contribution in [2.24, 2.45) is 5.92 Å². The average molecular weight is 377 g/mol. The molecule has 0 aliphatic heterocycles. The molecule has 2 heterocycles. The van der Waals surface area contributed by atoms with E-state index in [2.05, 4.69) is 63.3 Å². The molecule has 0 spiro atoms. The van der Waals surface area contributed by atoms with Crippen molar-refractivity contribution in [1.82, 2.24) is 9.97 Å². The van der Waals surface area contributed by atoms with Gasteiger partial charge in [-0.1, -0.05) is 68.7 Å². The number of hydrogen-bond donors (Lipinski definition) is 0. The lowest BCUT2D eigenvalue weighted by Crippen LogP contribution is -2.06. The number of hydrogen-bond acceptors (Lipinski definition) is 3. The van der Waals surface area contributed by atoms with Crippen LogP contribution in [-0.4, -0.2) is 9.97 Å². The molecule has 2 aromatic heterocycles. The van der Waals surface area contributed by atoms with Gasteiger partial charge in [0.15, 0.2) is 0 Å². The van der Waals surface area contributed by atoms with Gasteiger partial charge < -0.3 is 0 Å². The van der Waals surface area contributed by atoms with E-state index in [4.69, 9.17) is 9.97 Å². The van der Waals surface area contributed by atoms with Gasteiger partial charge in [-0.2, -0.15) is 0 Å². The quantitative estimate of drug-likeness (QED) is 0.524. The predicted molar refractivity (Wildman–Crippen MR) is 117 cm³/mol. The molecule has 0 saturated heterocycles. The van der Waals surface area contributed by atoms with Gasteiger partial charge in [0.25, 0.3) is 0 Å². The average Bonchev–Trinajstić information content (AvgIpc) is 2.79. The lowest BCUT2D eigenvalue weighted by atomic mass is 9.97. The number of rotatable bonds is 2. The van der Waals surface area contributed by atoms with Crippen molar-refractivity contribution in [2.75, 3.05) is 0 Å². The Hall–Kier alpha value is -2.00. The third-order valence-corrected chi connectivity index (χ3v) is 7.12. The van der Waals surface area contributed by atoms with E-state index in [0.717, 1.165) is 23.0 Å². The highest BCUT2D eigenvalue weighted by Crippen LogP contribution is 2.38. The van der Waals surface area contributed by atoms with E-state index in [-0.39, 0.29) is 0 Å². The van der Waals surface area contributed by atoms with Crippen LogP contribution in [-0.2, 0) is 0 Å². The first-order valence-electron chi connectivity index (χ1n) is 10.1. The molecule has 140 valence electrons. The summed E-state index contributed by atoms with van der Waals surface area (Å²) in [5.74, 6) is 2.38. The van der Waals surface area contributed by atoms with E-state index >= 15 is 0 Å². The Morgan fingerprint density at radius 1 is 0.926 bits per heavy atom. The number of allylic oxidation sites excluding steroid dienone is 8. The highest BCUT2D eigenvalue weighted by molar-refractivity contribution is 7.19. The zero-order valence-corrected chi connectivity index (χ0v) is 17.4. The first-order chi connectivity index (χ1) is 13.1. The van der Waals surface area contributed by atoms with Gasteiger partial charge in [0.1, 0.15) is 5.82 Å². The van der Waals surface area contributed by atoms with Crippen LogP contribution in [0.4, 0.5) is 0 Å². The third kappa shape index (κ3) is 3.84. The number of fused-ring (bicyclic) bond motifs is 1. The maximum atomic E-state index is 5.16. The molecule has 1 unspecified atom stereocenters. The molecule has 2 aromatic rings. The van der Waals surface area contributed by atoms with Crippen molar-refractivity contribution in [1.29, 1.82) is 0 Å². The molecule has 0 aromatic carbocycles. The van der Waals surface area contributed by atoms with Gasteiger partial charge in [-0.15, -0.1) is 11.3 Å². The maximum Gasteiger partial charge on any atom is 0.132 e. The van der Waals surface area contributed by atoms with Crippen molar-refractivity contribution in [3.05, 3.63) is 64.5 Å². The standard InChI is InChI=1S/C24H28N2S/c1-16-10-9-13-20(15-14-16)24-25-21-17(2)18(3)27-23(21)22(26-24)19-11-7-5-4-6-8-12-19/h4-8,11-12,16,20H,9-10,13-15H2,1-3H3/b5-4-,6-4?,7-5?,8-6-,11-7-,12-8?,19-11?,19-12+/t16-,20?/m1/s1. The van der Waals surface area contributed by atoms with Gasteiger partial charge in [0.2, 0.25) is 0 Å². The van der Waals surface area contributed by atoms with Crippen LogP contribution in [0.1, 0.15) is 66.9 Å². The monoisotopic (exact) mass is 376 g/mol. The summed E-state index contributed by atoms with van der Waals surface area (Å²) < 4.78 is 1.23. The van der Waals surface area contributed by atoms with Crippen LogP contribution in [0.15, 0.2) is 42.5 Å². The minimum atomic E-state index is 0.492. The normalized spacial score (nSPS) is 28.6. The van der Waals surface area contributed by atoms with E-state index in [0.29, 0.717) is 5.92 Å². The van der Waals surface area contributed by atoms with Crippen molar-refractivity contribution < 1.29 is 0 Å². The molecule has 0 bridgehead atoms. The molecule has 0 amide bonds. The molecule has 3 heteroatoms. The van der Waals surface area contributed by atoms with Crippen molar-refractivity contribution >= 4 is 27.1 Å². The van der Waals surface area contributed by atoms with Crippen LogP contribution >= 0.6 is 11.3 Å². The molecule has 2 atom stereocenters.